The molecule has 3 nitrogen and oxygen atoms in total. The number of aliphatic imine (C=N–C) groups is 1. The van der Waals surface area contributed by atoms with Crippen LogP contribution in [0.1, 0.15) is 25.6 Å². The van der Waals surface area contributed by atoms with E-state index in [2.05, 4.69) is 64.5 Å². The molecule has 1 aromatic heterocycles. The normalized spacial score (nSPS) is 12.6. The van der Waals surface area contributed by atoms with Crippen LogP contribution in [0.2, 0.25) is 0 Å². The minimum Gasteiger partial charge on any atom is -0.356 e. The average Bonchev–Trinajstić information content (AvgIpc) is 2.61. The predicted octanol–water partition coefficient (Wildman–Crippen LogP) is 3.02. The van der Waals surface area contributed by atoms with Gasteiger partial charge in [-0.1, -0.05) is 0 Å². The fraction of sp³-hybridized carbons (Fsp3) is 0.583. The fourth-order valence-corrected chi connectivity index (χ4v) is 2.81. The van der Waals surface area contributed by atoms with Crippen molar-refractivity contribution in [2.75, 3.05) is 13.6 Å². The van der Waals surface area contributed by atoms with Gasteiger partial charge in [0, 0.05) is 24.0 Å². The van der Waals surface area contributed by atoms with Crippen LogP contribution in [0.5, 0.6) is 0 Å². The van der Waals surface area contributed by atoms with Crippen LogP contribution in [-0.2, 0) is 6.42 Å². The molecule has 0 fully saturated rings. The standard InChI is InChI=1S/C12H20BrN3S/c1-12(2,3)16-11(14-4)15-8-7-9-5-6-10(13)17-9/h5-6H,7-8H2,1-4H3,(H2,14,15,16). The summed E-state index contributed by atoms with van der Waals surface area (Å²) in [6, 6.07) is 4.23. The second-order valence-electron chi connectivity index (χ2n) is 4.83. The quantitative estimate of drug-likeness (QED) is 0.664. The Hall–Kier alpha value is -0.550. The molecule has 0 aliphatic heterocycles. The van der Waals surface area contributed by atoms with Crippen molar-refractivity contribution in [2.45, 2.75) is 32.7 Å². The summed E-state index contributed by atoms with van der Waals surface area (Å²) in [6.45, 7) is 7.26. The van der Waals surface area contributed by atoms with E-state index < -0.39 is 0 Å². The Morgan fingerprint density at radius 1 is 1.41 bits per heavy atom. The van der Waals surface area contributed by atoms with Crippen LogP contribution in [0.15, 0.2) is 20.9 Å². The van der Waals surface area contributed by atoms with Crippen molar-refractivity contribution in [3.8, 4) is 0 Å². The van der Waals surface area contributed by atoms with E-state index in [4.69, 9.17) is 0 Å². The largest absolute Gasteiger partial charge is 0.356 e. The average molecular weight is 318 g/mol. The zero-order valence-corrected chi connectivity index (χ0v) is 13.2. The van der Waals surface area contributed by atoms with Crippen LogP contribution in [0.4, 0.5) is 0 Å². The van der Waals surface area contributed by atoms with Crippen molar-refractivity contribution < 1.29 is 0 Å². The fourth-order valence-electron chi connectivity index (χ4n) is 1.32. The van der Waals surface area contributed by atoms with Crippen LogP contribution in [-0.4, -0.2) is 25.1 Å². The number of hydrogen-bond donors (Lipinski definition) is 2. The highest BCUT2D eigenvalue weighted by atomic mass is 79.9. The summed E-state index contributed by atoms with van der Waals surface area (Å²) in [5.74, 6) is 0.855. The molecule has 0 aliphatic carbocycles. The molecule has 0 unspecified atom stereocenters. The Labute approximate surface area is 116 Å². The lowest BCUT2D eigenvalue weighted by Crippen LogP contribution is -2.47. The second kappa shape index (κ2) is 6.40. The summed E-state index contributed by atoms with van der Waals surface area (Å²) in [4.78, 5) is 5.57. The molecule has 1 heterocycles. The van der Waals surface area contributed by atoms with Crippen LogP contribution < -0.4 is 10.6 Å². The van der Waals surface area contributed by atoms with E-state index in [1.54, 1.807) is 18.4 Å². The van der Waals surface area contributed by atoms with Gasteiger partial charge in [-0.2, -0.15) is 0 Å². The molecule has 1 aromatic rings. The van der Waals surface area contributed by atoms with Crippen molar-refractivity contribution in [1.29, 1.82) is 0 Å². The van der Waals surface area contributed by atoms with Gasteiger partial charge in [0.05, 0.1) is 3.79 Å². The number of guanidine groups is 1. The molecular formula is C12H20BrN3S. The van der Waals surface area contributed by atoms with Gasteiger partial charge in [-0.3, -0.25) is 4.99 Å². The number of thiophene rings is 1. The molecule has 0 aliphatic rings. The Kier molecular flexibility index (Phi) is 5.46. The molecule has 0 amide bonds. The van der Waals surface area contributed by atoms with Gasteiger partial charge in [0.2, 0.25) is 0 Å². The van der Waals surface area contributed by atoms with Crippen molar-refractivity contribution in [3.63, 3.8) is 0 Å². The topological polar surface area (TPSA) is 36.4 Å². The summed E-state index contributed by atoms with van der Waals surface area (Å²) >= 11 is 5.24. The molecule has 0 bridgehead atoms. The molecule has 17 heavy (non-hydrogen) atoms. The molecule has 1 rings (SSSR count). The van der Waals surface area contributed by atoms with E-state index in [0.29, 0.717) is 0 Å². The first-order valence-corrected chi connectivity index (χ1v) is 7.25. The first-order valence-electron chi connectivity index (χ1n) is 5.64. The highest BCUT2D eigenvalue weighted by Gasteiger charge is 2.11. The molecule has 96 valence electrons. The van der Waals surface area contributed by atoms with Gasteiger partial charge < -0.3 is 10.6 Å². The molecule has 0 radical (unpaired) electrons. The summed E-state index contributed by atoms with van der Waals surface area (Å²) in [7, 11) is 1.79. The zero-order chi connectivity index (χ0) is 12.9. The Morgan fingerprint density at radius 3 is 2.59 bits per heavy atom. The summed E-state index contributed by atoms with van der Waals surface area (Å²) in [5, 5.41) is 6.64. The van der Waals surface area contributed by atoms with Gasteiger partial charge >= 0.3 is 0 Å². The zero-order valence-electron chi connectivity index (χ0n) is 10.8. The summed E-state index contributed by atoms with van der Waals surface area (Å²) < 4.78 is 1.18. The third-order valence-corrected chi connectivity index (χ3v) is 3.69. The van der Waals surface area contributed by atoms with Crippen LogP contribution in [0.25, 0.3) is 0 Å². The second-order valence-corrected chi connectivity index (χ2v) is 7.38. The highest BCUT2D eigenvalue weighted by Crippen LogP contribution is 2.21. The van der Waals surface area contributed by atoms with E-state index in [1.807, 2.05) is 0 Å². The molecule has 0 atom stereocenters. The van der Waals surface area contributed by atoms with Gasteiger partial charge in [-0.05, 0) is 55.3 Å². The maximum absolute atomic E-state index is 4.20. The molecule has 0 spiro atoms. The summed E-state index contributed by atoms with van der Waals surface area (Å²) in [6.07, 6.45) is 1.01. The van der Waals surface area contributed by atoms with E-state index in [1.165, 1.54) is 8.66 Å². The van der Waals surface area contributed by atoms with Crippen molar-refractivity contribution in [1.82, 2.24) is 10.6 Å². The van der Waals surface area contributed by atoms with Gasteiger partial charge in [-0.15, -0.1) is 11.3 Å². The Balaban J connectivity index is 2.34. The smallest absolute Gasteiger partial charge is 0.191 e. The molecular weight excluding hydrogens is 298 g/mol. The monoisotopic (exact) mass is 317 g/mol. The Morgan fingerprint density at radius 2 is 2.12 bits per heavy atom. The molecule has 5 heteroatoms. The lowest BCUT2D eigenvalue weighted by atomic mass is 10.1. The van der Waals surface area contributed by atoms with Crippen molar-refractivity contribution in [3.05, 3.63) is 20.8 Å². The van der Waals surface area contributed by atoms with Gasteiger partial charge in [0.15, 0.2) is 5.96 Å². The number of halogens is 1. The third-order valence-electron chi connectivity index (χ3n) is 2.01. The molecule has 0 saturated carbocycles. The number of nitrogens with one attached hydrogen (secondary N) is 2. The molecule has 0 aromatic carbocycles. The van der Waals surface area contributed by atoms with Crippen molar-refractivity contribution in [2.24, 2.45) is 4.99 Å². The lowest BCUT2D eigenvalue weighted by molar-refractivity contribution is 0.502. The Bertz CT molecular complexity index is 379. The van der Waals surface area contributed by atoms with Crippen molar-refractivity contribution >= 4 is 33.2 Å². The molecule has 2 N–H and O–H groups in total. The van der Waals surface area contributed by atoms with E-state index in [9.17, 15) is 0 Å². The lowest BCUT2D eigenvalue weighted by Gasteiger charge is -2.23. The van der Waals surface area contributed by atoms with Gasteiger partial charge in [0.25, 0.3) is 0 Å². The molecule has 0 saturated heterocycles. The number of hydrogen-bond acceptors (Lipinski definition) is 2. The number of nitrogens with zero attached hydrogens (tertiary/aromatic N) is 1. The maximum atomic E-state index is 4.20. The van der Waals surface area contributed by atoms with Gasteiger partial charge in [-0.25, -0.2) is 0 Å². The van der Waals surface area contributed by atoms with Gasteiger partial charge in [0.1, 0.15) is 0 Å². The highest BCUT2D eigenvalue weighted by molar-refractivity contribution is 9.11. The van der Waals surface area contributed by atoms with Crippen LogP contribution in [0, 0.1) is 0 Å². The van der Waals surface area contributed by atoms with Crippen LogP contribution in [0.3, 0.4) is 0 Å². The van der Waals surface area contributed by atoms with Crippen LogP contribution >= 0.6 is 27.3 Å². The van der Waals surface area contributed by atoms with E-state index >= 15 is 0 Å². The first kappa shape index (κ1) is 14.5. The minimum atomic E-state index is 0.0355. The van der Waals surface area contributed by atoms with E-state index in [0.717, 1.165) is 18.9 Å². The predicted molar refractivity (Wildman–Crippen MR) is 80.0 cm³/mol. The SMILES string of the molecule is CN=C(NCCc1ccc(Br)s1)NC(C)(C)C. The summed E-state index contributed by atoms with van der Waals surface area (Å²) in [5.41, 5.74) is 0.0355. The number of rotatable bonds is 3. The minimum absolute atomic E-state index is 0.0355. The first-order chi connectivity index (χ1) is 7.90. The van der Waals surface area contributed by atoms with E-state index in [-0.39, 0.29) is 5.54 Å². The third kappa shape index (κ3) is 6.07. The maximum Gasteiger partial charge on any atom is 0.191 e.